The molecule has 0 radical (unpaired) electrons. The normalized spacial score (nSPS) is 10.2. The van der Waals surface area contributed by atoms with Crippen LogP contribution in [0.5, 0.6) is 5.75 Å². The number of hydrogen-bond donors (Lipinski definition) is 2. The minimum atomic E-state index is -0.578. The molecule has 0 atom stereocenters. The third-order valence-corrected chi connectivity index (χ3v) is 4.45. The van der Waals surface area contributed by atoms with E-state index in [0.717, 1.165) is 5.56 Å². The van der Waals surface area contributed by atoms with Crippen molar-refractivity contribution in [1.29, 1.82) is 0 Å². The van der Waals surface area contributed by atoms with E-state index in [4.69, 9.17) is 4.74 Å². The van der Waals surface area contributed by atoms with Crippen LogP contribution in [0.1, 0.15) is 49.1 Å². The third kappa shape index (κ3) is 4.91. The molecule has 152 valence electrons. The Labute approximate surface area is 174 Å². The molecule has 0 aliphatic heterocycles. The van der Waals surface area contributed by atoms with E-state index in [9.17, 15) is 14.4 Å². The lowest BCUT2D eigenvalue weighted by Gasteiger charge is -2.11. The molecule has 0 heterocycles. The van der Waals surface area contributed by atoms with Crippen LogP contribution in [-0.2, 0) is 0 Å². The first-order valence-electron chi connectivity index (χ1n) is 9.53. The van der Waals surface area contributed by atoms with Crippen LogP contribution in [0.2, 0.25) is 0 Å². The lowest BCUT2D eigenvalue weighted by molar-refractivity contribution is 0.0845. The highest BCUT2D eigenvalue weighted by Crippen LogP contribution is 2.16. The fourth-order valence-corrected chi connectivity index (χ4v) is 2.86. The van der Waals surface area contributed by atoms with Gasteiger partial charge in [-0.15, -0.1) is 0 Å². The van der Waals surface area contributed by atoms with Gasteiger partial charge in [-0.05, 0) is 44.2 Å². The topological polar surface area (TPSA) is 84.5 Å². The van der Waals surface area contributed by atoms with Gasteiger partial charge in [-0.3, -0.25) is 25.2 Å². The first kappa shape index (κ1) is 20.8. The zero-order chi connectivity index (χ0) is 21.5. The number of carbonyl (C=O) groups excluding carboxylic acids is 3. The summed E-state index contributed by atoms with van der Waals surface area (Å²) in [4.78, 5) is 37.8. The summed E-state index contributed by atoms with van der Waals surface area (Å²) in [6.45, 7) is 4.34. The predicted octanol–water partition coefficient (Wildman–Crippen LogP) is 3.70. The summed E-state index contributed by atoms with van der Waals surface area (Å²) in [5, 5.41) is 0. The van der Waals surface area contributed by atoms with Gasteiger partial charge in [-0.25, -0.2) is 0 Å². The molecule has 6 nitrogen and oxygen atoms in total. The summed E-state index contributed by atoms with van der Waals surface area (Å²) in [5.74, 6) is -0.667. The van der Waals surface area contributed by atoms with Crippen LogP contribution < -0.4 is 15.6 Å². The molecule has 2 amide bonds. The van der Waals surface area contributed by atoms with E-state index in [1.165, 1.54) is 0 Å². The van der Waals surface area contributed by atoms with E-state index in [1.54, 1.807) is 60.7 Å². The molecule has 3 rings (SSSR count). The van der Waals surface area contributed by atoms with Crippen LogP contribution >= 0.6 is 0 Å². The van der Waals surface area contributed by atoms with Crippen molar-refractivity contribution < 1.29 is 19.1 Å². The predicted molar refractivity (Wildman–Crippen MR) is 114 cm³/mol. The van der Waals surface area contributed by atoms with E-state index in [-0.39, 0.29) is 16.9 Å². The van der Waals surface area contributed by atoms with Crippen molar-refractivity contribution in [3.63, 3.8) is 0 Å². The number of benzene rings is 3. The molecule has 0 fully saturated rings. The molecule has 0 saturated carbocycles. The van der Waals surface area contributed by atoms with Crippen molar-refractivity contribution >= 4 is 17.6 Å². The Hall–Kier alpha value is -3.93. The highest BCUT2D eigenvalue weighted by Gasteiger charge is 2.18. The van der Waals surface area contributed by atoms with Gasteiger partial charge in [0.1, 0.15) is 5.75 Å². The average molecular weight is 402 g/mol. The molecule has 30 heavy (non-hydrogen) atoms. The van der Waals surface area contributed by atoms with Crippen molar-refractivity contribution in [3.05, 3.63) is 101 Å². The van der Waals surface area contributed by atoms with E-state index in [1.807, 2.05) is 26.0 Å². The van der Waals surface area contributed by atoms with Gasteiger partial charge in [-0.1, -0.05) is 48.0 Å². The van der Waals surface area contributed by atoms with Crippen LogP contribution in [0.25, 0.3) is 0 Å². The molecule has 6 heteroatoms. The van der Waals surface area contributed by atoms with Crippen LogP contribution in [0.4, 0.5) is 0 Å². The molecule has 0 spiro atoms. The van der Waals surface area contributed by atoms with E-state index < -0.39 is 11.8 Å². The Morgan fingerprint density at radius 1 is 0.733 bits per heavy atom. The van der Waals surface area contributed by atoms with Crippen LogP contribution in [0, 0.1) is 6.92 Å². The average Bonchev–Trinajstić information content (AvgIpc) is 2.78. The molecule has 0 aromatic heterocycles. The fraction of sp³-hybridized carbons (Fsp3) is 0.125. The molecule has 0 unspecified atom stereocenters. The molecule has 3 aromatic carbocycles. The summed E-state index contributed by atoms with van der Waals surface area (Å²) < 4.78 is 5.34. The van der Waals surface area contributed by atoms with Crippen molar-refractivity contribution in [2.24, 2.45) is 0 Å². The second-order valence-electron chi connectivity index (χ2n) is 6.61. The monoisotopic (exact) mass is 402 g/mol. The zero-order valence-electron chi connectivity index (χ0n) is 16.8. The van der Waals surface area contributed by atoms with Crippen molar-refractivity contribution in [2.45, 2.75) is 13.8 Å². The Kier molecular flexibility index (Phi) is 6.60. The second kappa shape index (κ2) is 9.52. The minimum absolute atomic E-state index is 0.176. The molecular weight excluding hydrogens is 380 g/mol. The maximum Gasteiger partial charge on any atom is 0.270 e. The molecule has 3 aromatic rings. The van der Waals surface area contributed by atoms with E-state index in [0.29, 0.717) is 23.5 Å². The van der Waals surface area contributed by atoms with Crippen molar-refractivity contribution in [3.8, 4) is 5.75 Å². The Morgan fingerprint density at radius 2 is 1.30 bits per heavy atom. The van der Waals surface area contributed by atoms with Gasteiger partial charge in [0.2, 0.25) is 0 Å². The highest BCUT2D eigenvalue weighted by atomic mass is 16.5. The maximum absolute atomic E-state index is 12.8. The standard InChI is InChI=1S/C24H22N2O4/c1-3-30-19-14-12-18(13-15-19)23(28)25-26-24(29)21-7-5-4-6-20(21)22(27)17-10-8-16(2)9-11-17/h4-15H,3H2,1-2H3,(H,25,28)(H,26,29). The van der Waals surface area contributed by atoms with Gasteiger partial charge in [-0.2, -0.15) is 0 Å². The molecule has 0 bridgehead atoms. The van der Waals surface area contributed by atoms with Gasteiger partial charge < -0.3 is 4.74 Å². The number of aryl methyl sites for hydroxylation is 1. The fourth-order valence-electron chi connectivity index (χ4n) is 2.86. The van der Waals surface area contributed by atoms with Gasteiger partial charge in [0.15, 0.2) is 5.78 Å². The van der Waals surface area contributed by atoms with Crippen LogP contribution in [0.15, 0.2) is 72.8 Å². The Morgan fingerprint density at radius 3 is 1.93 bits per heavy atom. The van der Waals surface area contributed by atoms with Gasteiger partial charge in [0, 0.05) is 16.7 Å². The summed E-state index contributed by atoms with van der Waals surface area (Å²) in [7, 11) is 0. The zero-order valence-corrected chi connectivity index (χ0v) is 16.8. The smallest absolute Gasteiger partial charge is 0.270 e. The third-order valence-electron chi connectivity index (χ3n) is 4.45. The molecule has 2 N–H and O–H groups in total. The first-order chi connectivity index (χ1) is 14.5. The molecular formula is C24H22N2O4. The van der Waals surface area contributed by atoms with Crippen molar-refractivity contribution in [2.75, 3.05) is 6.61 Å². The lowest BCUT2D eigenvalue weighted by atomic mass is 9.97. The van der Waals surface area contributed by atoms with Crippen molar-refractivity contribution in [1.82, 2.24) is 10.9 Å². The summed E-state index contributed by atoms with van der Waals surface area (Å²) in [6.07, 6.45) is 0. The number of rotatable bonds is 6. The number of hydrogen-bond acceptors (Lipinski definition) is 4. The van der Waals surface area contributed by atoms with E-state index in [2.05, 4.69) is 10.9 Å². The van der Waals surface area contributed by atoms with Gasteiger partial charge >= 0.3 is 0 Å². The van der Waals surface area contributed by atoms with Crippen LogP contribution in [-0.4, -0.2) is 24.2 Å². The second-order valence-corrected chi connectivity index (χ2v) is 6.61. The maximum atomic E-state index is 12.8. The summed E-state index contributed by atoms with van der Waals surface area (Å²) >= 11 is 0. The number of ether oxygens (including phenoxy) is 1. The summed E-state index contributed by atoms with van der Waals surface area (Å²) in [6, 6.07) is 20.2. The number of amides is 2. The Balaban J connectivity index is 1.70. The summed E-state index contributed by atoms with van der Waals surface area (Å²) in [5.41, 5.74) is 7.06. The van der Waals surface area contributed by atoms with Gasteiger partial charge in [0.25, 0.3) is 11.8 Å². The van der Waals surface area contributed by atoms with Gasteiger partial charge in [0.05, 0.1) is 12.2 Å². The number of carbonyl (C=O) groups is 3. The highest BCUT2D eigenvalue weighted by molar-refractivity contribution is 6.15. The number of hydrazine groups is 1. The quantitative estimate of drug-likeness (QED) is 0.486. The number of ketones is 1. The Bertz CT molecular complexity index is 1060. The largest absolute Gasteiger partial charge is 0.494 e. The van der Waals surface area contributed by atoms with Crippen LogP contribution in [0.3, 0.4) is 0 Å². The molecule has 0 aliphatic rings. The SMILES string of the molecule is CCOc1ccc(C(=O)NNC(=O)c2ccccc2C(=O)c2ccc(C)cc2)cc1. The molecule has 0 saturated heterocycles. The lowest BCUT2D eigenvalue weighted by Crippen LogP contribution is -2.42. The number of nitrogens with one attached hydrogen (secondary N) is 2. The minimum Gasteiger partial charge on any atom is -0.494 e. The van der Waals surface area contributed by atoms with E-state index >= 15 is 0 Å². The molecule has 0 aliphatic carbocycles. The first-order valence-corrected chi connectivity index (χ1v) is 9.53.